The van der Waals surface area contributed by atoms with Gasteiger partial charge in [-0.25, -0.2) is 4.98 Å². The number of pyridine rings is 1. The van der Waals surface area contributed by atoms with Crippen LogP contribution in [0.25, 0.3) is 11.4 Å². The molecular formula is C16H18F3N5O2. The predicted octanol–water partition coefficient (Wildman–Crippen LogP) is 2.46. The van der Waals surface area contributed by atoms with Crippen LogP contribution in [-0.2, 0) is 11.0 Å². The molecular weight excluding hydrogens is 351 g/mol. The van der Waals surface area contributed by atoms with Crippen molar-refractivity contribution < 1.29 is 22.5 Å². The van der Waals surface area contributed by atoms with Crippen molar-refractivity contribution in [3.05, 3.63) is 24.2 Å². The van der Waals surface area contributed by atoms with Gasteiger partial charge >= 0.3 is 12.1 Å². The van der Waals surface area contributed by atoms with E-state index in [1.165, 1.54) is 6.20 Å². The zero-order valence-electron chi connectivity index (χ0n) is 14.3. The molecule has 10 heteroatoms. The first-order valence-electron chi connectivity index (χ1n) is 8.17. The fraction of sp³-hybridized carbons (Fsp3) is 0.500. The molecule has 1 fully saturated rings. The molecule has 140 valence electrons. The summed E-state index contributed by atoms with van der Waals surface area (Å²) in [5.74, 6) is -0.766. The molecule has 0 aliphatic carbocycles. The third-order valence-electron chi connectivity index (χ3n) is 4.08. The van der Waals surface area contributed by atoms with Gasteiger partial charge in [-0.1, -0.05) is 19.0 Å². The van der Waals surface area contributed by atoms with Gasteiger partial charge < -0.3 is 14.3 Å². The molecule has 7 nitrogen and oxygen atoms in total. The molecule has 26 heavy (non-hydrogen) atoms. The van der Waals surface area contributed by atoms with E-state index in [-0.39, 0.29) is 17.6 Å². The fourth-order valence-electron chi connectivity index (χ4n) is 2.68. The largest absolute Gasteiger partial charge is 0.471 e. The lowest BCUT2D eigenvalue weighted by Crippen LogP contribution is -2.50. The van der Waals surface area contributed by atoms with E-state index in [1.807, 2.05) is 23.6 Å². The number of carbonyl (C=O) groups excluding carboxylic acids is 1. The highest BCUT2D eigenvalue weighted by molar-refractivity contribution is 5.78. The van der Waals surface area contributed by atoms with Crippen LogP contribution in [0.3, 0.4) is 0 Å². The molecule has 1 aliphatic heterocycles. The quantitative estimate of drug-likeness (QED) is 0.827. The third kappa shape index (κ3) is 3.78. The van der Waals surface area contributed by atoms with E-state index < -0.39 is 12.1 Å². The first kappa shape index (κ1) is 18.2. The Kier molecular flexibility index (Phi) is 4.84. The Morgan fingerprint density at radius 2 is 1.88 bits per heavy atom. The van der Waals surface area contributed by atoms with Crippen LogP contribution in [-0.4, -0.2) is 52.1 Å². The number of aromatic nitrogens is 3. The van der Waals surface area contributed by atoms with Gasteiger partial charge in [0.2, 0.25) is 11.7 Å². The van der Waals surface area contributed by atoms with Crippen LogP contribution in [0.5, 0.6) is 0 Å². The molecule has 2 aromatic heterocycles. The minimum absolute atomic E-state index is 0.0319. The van der Waals surface area contributed by atoms with Crippen molar-refractivity contribution in [3.63, 3.8) is 0 Å². The third-order valence-corrected chi connectivity index (χ3v) is 4.08. The second-order valence-electron chi connectivity index (χ2n) is 6.29. The Labute approximate surface area is 147 Å². The molecule has 3 rings (SSSR count). The van der Waals surface area contributed by atoms with Crippen molar-refractivity contribution in [2.24, 2.45) is 5.92 Å². The number of carbonyl (C=O) groups is 1. The second-order valence-corrected chi connectivity index (χ2v) is 6.29. The van der Waals surface area contributed by atoms with E-state index in [9.17, 15) is 18.0 Å². The van der Waals surface area contributed by atoms with E-state index in [2.05, 4.69) is 19.6 Å². The number of halogens is 3. The van der Waals surface area contributed by atoms with Crippen LogP contribution in [0.4, 0.5) is 19.0 Å². The lowest BCUT2D eigenvalue weighted by molar-refractivity contribution is -0.159. The molecule has 0 saturated carbocycles. The van der Waals surface area contributed by atoms with Crippen LogP contribution < -0.4 is 4.90 Å². The number of hydrogen-bond donors (Lipinski definition) is 0. The monoisotopic (exact) mass is 369 g/mol. The number of piperazine rings is 1. The highest BCUT2D eigenvalue weighted by atomic mass is 19.4. The summed E-state index contributed by atoms with van der Waals surface area (Å²) in [6.45, 7) is 6.26. The average Bonchev–Trinajstić information content (AvgIpc) is 3.12. The summed E-state index contributed by atoms with van der Waals surface area (Å²) in [5.41, 5.74) is 0.335. The number of alkyl halides is 3. The normalized spacial score (nSPS) is 15.6. The Balaban J connectivity index is 1.65. The van der Waals surface area contributed by atoms with Gasteiger partial charge in [0.1, 0.15) is 5.82 Å². The Hall–Kier alpha value is -2.65. The van der Waals surface area contributed by atoms with Crippen molar-refractivity contribution in [2.75, 3.05) is 31.1 Å². The van der Waals surface area contributed by atoms with Gasteiger partial charge in [-0.3, -0.25) is 4.79 Å². The molecule has 0 bridgehead atoms. The van der Waals surface area contributed by atoms with Crippen LogP contribution in [0.2, 0.25) is 0 Å². The second kappa shape index (κ2) is 6.93. The van der Waals surface area contributed by atoms with Gasteiger partial charge in [0, 0.05) is 43.9 Å². The van der Waals surface area contributed by atoms with Crippen molar-refractivity contribution in [1.29, 1.82) is 0 Å². The Bertz CT molecular complexity index is 765. The van der Waals surface area contributed by atoms with E-state index >= 15 is 0 Å². The minimum Gasteiger partial charge on any atom is -0.353 e. The summed E-state index contributed by atoms with van der Waals surface area (Å²) in [6.07, 6.45) is -3.27. The standard InChI is InChI=1S/C16H18F3N5O2/c1-10(2)14(25)24-7-5-23(6-8-24)12-4-3-11(9-20-12)13-21-15(26-22-13)16(17,18)19/h3-4,9-10H,5-8H2,1-2H3. The highest BCUT2D eigenvalue weighted by Crippen LogP contribution is 2.29. The summed E-state index contributed by atoms with van der Waals surface area (Å²) >= 11 is 0. The van der Waals surface area contributed by atoms with Crippen molar-refractivity contribution in [3.8, 4) is 11.4 Å². The molecule has 3 heterocycles. The number of nitrogens with zero attached hydrogens (tertiary/aromatic N) is 5. The lowest BCUT2D eigenvalue weighted by Gasteiger charge is -2.36. The van der Waals surface area contributed by atoms with Crippen LogP contribution >= 0.6 is 0 Å². The summed E-state index contributed by atoms with van der Waals surface area (Å²) in [4.78, 5) is 23.5. The number of hydrogen-bond acceptors (Lipinski definition) is 6. The molecule has 0 spiro atoms. The summed E-state index contributed by atoms with van der Waals surface area (Å²) in [7, 11) is 0. The van der Waals surface area contributed by atoms with Gasteiger partial charge in [0.25, 0.3) is 0 Å². The number of anilines is 1. The molecule has 0 atom stereocenters. The SMILES string of the molecule is CC(C)C(=O)N1CCN(c2ccc(-c3noc(C(F)(F)F)n3)cn2)CC1. The van der Waals surface area contributed by atoms with Gasteiger partial charge in [0.05, 0.1) is 0 Å². The summed E-state index contributed by atoms with van der Waals surface area (Å²) in [5, 5.41) is 3.34. The van der Waals surface area contributed by atoms with Gasteiger partial charge in [-0.15, -0.1) is 0 Å². The van der Waals surface area contributed by atoms with Gasteiger partial charge in [0.15, 0.2) is 0 Å². The van der Waals surface area contributed by atoms with Gasteiger partial charge in [-0.2, -0.15) is 18.2 Å². The topological polar surface area (TPSA) is 75.4 Å². The molecule has 1 aliphatic rings. The van der Waals surface area contributed by atoms with Gasteiger partial charge in [-0.05, 0) is 12.1 Å². The molecule has 0 aromatic carbocycles. The average molecular weight is 369 g/mol. The lowest BCUT2D eigenvalue weighted by atomic mass is 10.1. The van der Waals surface area contributed by atoms with Crippen molar-refractivity contribution in [2.45, 2.75) is 20.0 Å². The maximum atomic E-state index is 12.5. The fourth-order valence-corrected chi connectivity index (χ4v) is 2.68. The number of rotatable bonds is 3. The van der Waals surface area contributed by atoms with Crippen molar-refractivity contribution in [1.82, 2.24) is 20.0 Å². The molecule has 0 radical (unpaired) electrons. The number of amides is 1. The molecule has 0 N–H and O–H groups in total. The summed E-state index contributed by atoms with van der Waals surface area (Å²) in [6, 6.07) is 3.29. The van der Waals surface area contributed by atoms with Crippen LogP contribution in [0.15, 0.2) is 22.9 Å². The Morgan fingerprint density at radius 3 is 2.38 bits per heavy atom. The molecule has 2 aromatic rings. The Morgan fingerprint density at radius 1 is 1.19 bits per heavy atom. The van der Waals surface area contributed by atoms with Crippen molar-refractivity contribution >= 4 is 11.7 Å². The zero-order valence-corrected chi connectivity index (χ0v) is 14.3. The highest BCUT2D eigenvalue weighted by Gasteiger charge is 2.38. The molecule has 0 unspecified atom stereocenters. The van der Waals surface area contributed by atoms with Crippen LogP contribution in [0, 0.1) is 5.92 Å². The van der Waals surface area contributed by atoms with E-state index in [0.29, 0.717) is 37.6 Å². The van der Waals surface area contributed by atoms with E-state index in [4.69, 9.17) is 0 Å². The maximum absolute atomic E-state index is 12.5. The first-order valence-corrected chi connectivity index (χ1v) is 8.17. The predicted molar refractivity (Wildman–Crippen MR) is 86.2 cm³/mol. The molecule has 1 saturated heterocycles. The first-order chi connectivity index (χ1) is 12.3. The van der Waals surface area contributed by atoms with Crippen LogP contribution in [0.1, 0.15) is 19.7 Å². The zero-order chi connectivity index (χ0) is 18.9. The smallest absolute Gasteiger partial charge is 0.353 e. The minimum atomic E-state index is -4.67. The summed E-state index contributed by atoms with van der Waals surface area (Å²) < 4.78 is 41.8. The van der Waals surface area contributed by atoms with E-state index in [0.717, 1.165) is 0 Å². The van der Waals surface area contributed by atoms with E-state index in [1.54, 1.807) is 12.1 Å². The maximum Gasteiger partial charge on any atom is 0.471 e. The molecule has 1 amide bonds.